The maximum absolute atomic E-state index is 3.42. The Morgan fingerprint density at radius 3 is 2.42 bits per heavy atom. The molecule has 98 valence electrons. The highest BCUT2D eigenvalue weighted by molar-refractivity contribution is 5.74. The quantitative estimate of drug-likeness (QED) is 0.726. The molecule has 0 atom stereocenters. The average Bonchev–Trinajstić information content (AvgIpc) is 2.82. The first-order valence-corrected chi connectivity index (χ1v) is 6.73. The van der Waals surface area contributed by atoms with E-state index in [0.717, 1.165) is 6.42 Å². The third kappa shape index (κ3) is 3.26. The van der Waals surface area contributed by atoms with Gasteiger partial charge in [-0.1, -0.05) is 12.2 Å². The highest BCUT2D eigenvalue weighted by Crippen LogP contribution is 2.24. The first-order valence-electron chi connectivity index (χ1n) is 6.73. The number of benzene rings is 1. The van der Waals surface area contributed by atoms with E-state index in [1.54, 1.807) is 0 Å². The second-order valence-corrected chi connectivity index (χ2v) is 4.82. The normalized spacial score (nSPS) is 17.5. The van der Waals surface area contributed by atoms with Gasteiger partial charge in [0.05, 0.1) is 18.1 Å². The van der Waals surface area contributed by atoms with Crippen molar-refractivity contribution in [1.29, 1.82) is 0 Å². The first-order chi connectivity index (χ1) is 8.93. The Morgan fingerprint density at radius 1 is 0.947 bits per heavy atom. The van der Waals surface area contributed by atoms with Crippen molar-refractivity contribution < 1.29 is 12.4 Å². The zero-order valence-electron chi connectivity index (χ0n) is 11.0. The maximum atomic E-state index is 3.42. The Bertz CT molecular complexity index is 490. The molecular weight excluding hydrogens is 254 g/mol. The lowest BCUT2D eigenvalue weighted by molar-refractivity contribution is -0.00000351. The highest BCUT2D eigenvalue weighted by atomic mass is 35.5. The van der Waals surface area contributed by atoms with Gasteiger partial charge in [-0.3, -0.25) is 0 Å². The van der Waals surface area contributed by atoms with Gasteiger partial charge in [-0.05, 0) is 31.1 Å². The van der Waals surface area contributed by atoms with Gasteiger partial charge in [0, 0.05) is 37.0 Å². The largest absolute Gasteiger partial charge is 1.00 e. The summed E-state index contributed by atoms with van der Waals surface area (Å²) in [5, 5.41) is 0. The van der Waals surface area contributed by atoms with Gasteiger partial charge >= 0.3 is 0 Å². The van der Waals surface area contributed by atoms with Crippen LogP contribution in [0.2, 0.25) is 0 Å². The minimum absolute atomic E-state index is 0. The predicted molar refractivity (Wildman–Crippen MR) is 77.4 cm³/mol. The van der Waals surface area contributed by atoms with E-state index in [0.29, 0.717) is 0 Å². The molecule has 1 aliphatic carbocycles. The van der Waals surface area contributed by atoms with Crippen LogP contribution in [0.1, 0.15) is 24.8 Å². The van der Waals surface area contributed by atoms with Crippen LogP contribution in [0.15, 0.2) is 48.6 Å². The van der Waals surface area contributed by atoms with Crippen molar-refractivity contribution in [3.8, 4) is 0 Å². The van der Waals surface area contributed by atoms with E-state index in [-0.39, 0.29) is 12.4 Å². The number of anilines is 1. The molecular formula is C17H18ClN. The number of hydrogen-bond acceptors (Lipinski definition) is 1. The van der Waals surface area contributed by atoms with Crippen LogP contribution in [0.25, 0.3) is 5.57 Å². The van der Waals surface area contributed by atoms with Crippen LogP contribution in [0, 0.1) is 6.08 Å². The van der Waals surface area contributed by atoms with Crippen LogP contribution in [-0.4, -0.2) is 13.1 Å². The molecule has 3 rings (SSSR count). The maximum Gasteiger partial charge on any atom is 0.191 e. The molecule has 1 aromatic carbocycles. The van der Waals surface area contributed by atoms with Gasteiger partial charge in [-0.15, -0.1) is 0 Å². The fourth-order valence-corrected chi connectivity index (χ4v) is 2.55. The molecule has 0 unspecified atom stereocenters. The summed E-state index contributed by atoms with van der Waals surface area (Å²) in [6.45, 7) is 2.41. The number of halogens is 1. The summed E-state index contributed by atoms with van der Waals surface area (Å²) in [5.74, 6) is 0. The molecule has 1 heterocycles. The van der Waals surface area contributed by atoms with Gasteiger partial charge in [0.25, 0.3) is 0 Å². The fraction of sp³-hybridized carbons (Fsp3) is 0.294. The van der Waals surface area contributed by atoms with Crippen molar-refractivity contribution in [3.63, 3.8) is 0 Å². The Kier molecular flexibility index (Phi) is 4.79. The van der Waals surface area contributed by atoms with Gasteiger partial charge < -0.3 is 17.3 Å². The Morgan fingerprint density at radius 2 is 1.68 bits per heavy atom. The van der Waals surface area contributed by atoms with Crippen LogP contribution in [0.4, 0.5) is 5.69 Å². The number of nitrogens with zero attached hydrogens (tertiary/aromatic N) is 1. The van der Waals surface area contributed by atoms with E-state index in [4.69, 9.17) is 0 Å². The molecule has 0 saturated carbocycles. The standard InChI is InChI=1S/C17H18N.ClH/c1-2-4-8-15(7-3-1)16-9-11-17(12-10-16)18-13-5-6-14-18;/h1-3,7,9-12H,4-6,13-14H2;1H/q+1;/p-1. The second-order valence-electron chi connectivity index (χ2n) is 4.82. The molecule has 2 heteroatoms. The van der Waals surface area contributed by atoms with Crippen molar-refractivity contribution in [2.75, 3.05) is 18.0 Å². The lowest BCUT2D eigenvalue weighted by Gasteiger charge is -2.16. The molecule has 1 aromatic rings. The van der Waals surface area contributed by atoms with Gasteiger partial charge in [0.15, 0.2) is 5.57 Å². The summed E-state index contributed by atoms with van der Waals surface area (Å²) in [6.07, 6.45) is 15.4. The van der Waals surface area contributed by atoms with E-state index >= 15 is 0 Å². The van der Waals surface area contributed by atoms with Crippen molar-refractivity contribution in [1.82, 2.24) is 0 Å². The van der Waals surface area contributed by atoms with Crippen molar-refractivity contribution in [3.05, 3.63) is 60.2 Å². The molecule has 0 spiro atoms. The van der Waals surface area contributed by atoms with Crippen molar-refractivity contribution in [2.24, 2.45) is 0 Å². The van der Waals surface area contributed by atoms with Crippen LogP contribution >= 0.6 is 0 Å². The van der Waals surface area contributed by atoms with Gasteiger partial charge in [-0.2, -0.15) is 0 Å². The zero-order valence-corrected chi connectivity index (χ0v) is 11.7. The molecule has 1 aliphatic heterocycles. The molecule has 1 nitrogen and oxygen atoms in total. The third-order valence-corrected chi connectivity index (χ3v) is 3.57. The molecule has 0 aromatic heterocycles. The Balaban J connectivity index is 0.00000133. The second kappa shape index (κ2) is 6.56. The van der Waals surface area contributed by atoms with E-state index in [1.807, 2.05) is 0 Å². The summed E-state index contributed by atoms with van der Waals surface area (Å²) in [6, 6.07) is 8.90. The van der Waals surface area contributed by atoms with Gasteiger partial charge in [0.1, 0.15) is 0 Å². The smallest absolute Gasteiger partial charge is 0.191 e. The van der Waals surface area contributed by atoms with Crippen LogP contribution in [-0.2, 0) is 0 Å². The van der Waals surface area contributed by atoms with E-state index in [9.17, 15) is 0 Å². The molecule has 0 N–H and O–H groups in total. The fourth-order valence-electron chi connectivity index (χ4n) is 2.55. The number of hydrogen-bond donors (Lipinski definition) is 0. The summed E-state index contributed by atoms with van der Waals surface area (Å²) in [4.78, 5) is 2.46. The van der Waals surface area contributed by atoms with Crippen molar-refractivity contribution >= 4 is 11.3 Å². The van der Waals surface area contributed by atoms with E-state index in [1.165, 1.54) is 42.8 Å². The van der Waals surface area contributed by atoms with Gasteiger partial charge in [-0.25, -0.2) is 0 Å². The monoisotopic (exact) mass is 271 g/mol. The SMILES string of the molecule is [C+]1=C(c2ccc(N3CCCC3)cc2)C=CC=CC1.[Cl-]. The number of allylic oxidation sites excluding steroid dienone is 6. The summed E-state index contributed by atoms with van der Waals surface area (Å²) in [5.41, 5.74) is 3.82. The summed E-state index contributed by atoms with van der Waals surface area (Å²) in [7, 11) is 0. The minimum Gasteiger partial charge on any atom is -1.00 e. The topological polar surface area (TPSA) is 3.24 Å². The molecule has 0 radical (unpaired) electrons. The van der Waals surface area contributed by atoms with Crippen LogP contribution < -0.4 is 17.3 Å². The molecule has 2 aliphatic rings. The Hall–Kier alpha value is -1.56. The molecule has 1 fully saturated rings. The van der Waals surface area contributed by atoms with E-state index in [2.05, 4.69) is 59.5 Å². The molecule has 0 amide bonds. The lowest BCUT2D eigenvalue weighted by atomic mass is 10.0. The zero-order chi connectivity index (χ0) is 12.2. The summed E-state index contributed by atoms with van der Waals surface area (Å²) >= 11 is 0. The molecule has 19 heavy (non-hydrogen) atoms. The van der Waals surface area contributed by atoms with Crippen LogP contribution in [0.5, 0.6) is 0 Å². The minimum atomic E-state index is 0. The first kappa shape index (κ1) is 13.9. The number of rotatable bonds is 2. The molecule has 0 bridgehead atoms. The Labute approximate surface area is 121 Å². The van der Waals surface area contributed by atoms with Crippen molar-refractivity contribution in [2.45, 2.75) is 19.3 Å². The van der Waals surface area contributed by atoms with E-state index < -0.39 is 0 Å². The average molecular weight is 272 g/mol. The predicted octanol–water partition coefficient (Wildman–Crippen LogP) is 0.993. The summed E-state index contributed by atoms with van der Waals surface area (Å²) < 4.78 is 0. The van der Waals surface area contributed by atoms with Crippen LogP contribution in [0.3, 0.4) is 0 Å². The third-order valence-electron chi connectivity index (χ3n) is 3.57. The lowest BCUT2D eigenvalue weighted by Crippen LogP contribution is -3.00. The highest BCUT2D eigenvalue weighted by Gasteiger charge is 2.14. The molecule has 1 saturated heterocycles. The van der Waals surface area contributed by atoms with Gasteiger partial charge in [0.2, 0.25) is 0 Å².